The molecule has 2 aromatic carbocycles. The van der Waals surface area contributed by atoms with Crippen LogP contribution in [0.15, 0.2) is 40.9 Å². The van der Waals surface area contributed by atoms with Gasteiger partial charge in [0, 0.05) is 17.3 Å². The quantitative estimate of drug-likeness (QED) is 0.720. The van der Waals surface area contributed by atoms with Gasteiger partial charge in [-0.3, -0.25) is 0 Å². The third kappa shape index (κ3) is 2.38. The zero-order valence-corrected chi connectivity index (χ0v) is 12.1. The van der Waals surface area contributed by atoms with E-state index in [-0.39, 0.29) is 5.69 Å². The average Bonchev–Trinajstić information content (AvgIpc) is 2.91. The van der Waals surface area contributed by atoms with Crippen LogP contribution in [0.2, 0.25) is 0 Å². The van der Waals surface area contributed by atoms with Gasteiger partial charge in [-0.1, -0.05) is 6.07 Å². The molecular formula is C13H8BrF2N5. The summed E-state index contributed by atoms with van der Waals surface area (Å²) >= 11 is 3.35. The Bertz CT molecular complexity index is 818. The Morgan fingerprint density at radius 2 is 1.95 bits per heavy atom. The van der Waals surface area contributed by atoms with Crippen LogP contribution in [0.1, 0.15) is 0 Å². The summed E-state index contributed by atoms with van der Waals surface area (Å²) in [5.41, 5.74) is 6.97. The summed E-state index contributed by atoms with van der Waals surface area (Å²) in [6.45, 7) is 0. The van der Waals surface area contributed by atoms with Crippen LogP contribution >= 0.6 is 15.9 Å². The Kier molecular flexibility index (Phi) is 3.38. The van der Waals surface area contributed by atoms with Crippen LogP contribution in [0.5, 0.6) is 0 Å². The van der Waals surface area contributed by atoms with Crippen LogP contribution in [0.25, 0.3) is 17.1 Å². The zero-order valence-electron chi connectivity index (χ0n) is 10.5. The minimum absolute atomic E-state index is 0.0470. The molecule has 1 heterocycles. The van der Waals surface area contributed by atoms with E-state index in [0.29, 0.717) is 21.5 Å². The van der Waals surface area contributed by atoms with E-state index in [1.807, 2.05) is 0 Å². The Labute approximate surface area is 126 Å². The van der Waals surface area contributed by atoms with Gasteiger partial charge in [0.05, 0.1) is 4.47 Å². The highest BCUT2D eigenvalue weighted by Crippen LogP contribution is 2.32. The molecule has 0 aliphatic carbocycles. The van der Waals surface area contributed by atoms with E-state index < -0.39 is 11.6 Å². The molecule has 0 spiro atoms. The molecule has 8 heteroatoms. The number of nitrogens with two attached hydrogens (primary N) is 1. The van der Waals surface area contributed by atoms with E-state index in [0.717, 1.165) is 12.1 Å². The number of nitrogens with zero attached hydrogens (tertiary/aromatic N) is 4. The first kappa shape index (κ1) is 13.6. The van der Waals surface area contributed by atoms with Gasteiger partial charge in [0.2, 0.25) is 0 Å². The molecule has 0 unspecified atom stereocenters. The Morgan fingerprint density at radius 3 is 2.71 bits per heavy atom. The number of hydrogen-bond donors (Lipinski definition) is 1. The first-order chi connectivity index (χ1) is 10.1. The number of benzene rings is 2. The summed E-state index contributed by atoms with van der Waals surface area (Å²) in [4.78, 5) is 0. The third-order valence-corrected chi connectivity index (χ3v) is 3.76. The van der Waals surface area contributed by atoms with Gasteiger partial charge in [-0.25, -0.2) is 8.78 Å². The van der Waals surface area contributed by atoms with E-state index in [9.17, 15) is 8.78 Å². The van der Waals surface area contributed by atoms with Crippen LogP contribution in [0.4, 0.5) is 14.5 Å². The number of nitrogen functional groups attached to an aromatic ring is 1. The van der Waals surface area contributed by atoms with Gasteiger partial charge in [-0.2, -0.15) is 4.68 Å². The maximum absolute atomic E-state index is 13.9. The van der Waals surface area contributed by atoms with Crippen molar-refractivity contribution in [2.45, 2.75) is 0 Å². The number of halogens is 3. The molecule has 0 radical (unpaired) electrons. The Morgan fingerprint density at radius 1 is 1.14 bits per heavy atom. The molecular weight excluding hydrogens is 344 g/mol. The normalized spacial score (nSPS) is 10.8. The van der Waals surface area contributed by atoms with Crippen LogP contribution in [-0.4, -0.2) is 20.2 Å². The number of aromatic nitrogens is 4. The van der Waals surface area contributed by atoms with Gasteiger partial charge >= 0.3 is 0 Å². The first-order valence-corrected chi connectivity index (χ1v) is 6.65. The van der Waals surface area contributed by atoms with Crippen LogP contribution in [0.3, 0.4) is 0 Å². The minimum Gasteiger partial charge on any atom is -0.398 e. The molecule has 0 amide bonds. The molecule has 5 nitrogen and oxygen atoms in total. The van der Waals surface area contributed by atoms with Crippen molar-refractivity contribution in [1.82, 2.24) is 20.2 Å². The maximum atomic E-state index is 13.9. The maximum Gasteiger partial charge on any atom is 0.188 e. The largest absolute Gasteiger partial charge is 0.398 e. The van der Waals surface area contributed by atoms with Crippen molar-refractivity contribution in [3.63, 3.8) is 0 Å². The van der Waals surface area contributed by atoms with Crippen molar-refractivity contribution >= 4 is 21.6 Å². The monoisotopic (exact) mass is 351 g/mol. The number of rotatable bonds is 2. The lowest BCUT2D eigenvalue weighted by atomic mass is 10.2. The van der Waals surface area contributed by atoms with E-state index in [1.54, 1.807) is 18.2 Å². The highest BCUT2D eigenvalue weighted by atomic mass is 79.9. The second-order valence-electron chi connectivity index (χ2n) is 4.22. The summed E-state index contributed by atoms with van der Waals surface area (Å²) in [6, 6.07) is 8.36. The summed E-state index contributed by atoms with van der Waals surface area (Å²) in [7, 11) is 0. The van der Waals surface area contributed by atoms with Gasteiger partial charge in [-0.05, 0) is 50.6 Å². The minimum atomic E-state index is -0.761. The fourth-order valence-corrected chi connectivity index (χ4v) is 2.33. The molecule has 0 fully saturated rings. The van der Waals surface area contributed by atoms with Gasteiger partial charge < -0.3 is 5.73 Å². The van der Waals surface area contributed by atoms with Crippen molar-refractivity contribution in [3.8, 4) is 17.1 Å². The summed E-state index contributed by atoms with van der Waals surface area (Å²) in [6.07, 6.45) is 0. The number of tetrazole rings is 1. The van der Waals surface area contributed by atoms with Crippen molar-refractivity contribution < 1.29 is 8.78 Å². The molecule has 1 aromatic heterocycles. The molecule has 21 heavy (non-hydrogen) atoms. The Hall–Kier alpha value is -2.35. The average molecular weight is 352 g/mol. The molecule has 0 bridgehead atoms. The zero-order chi connectivity index (χ0) is 15.0. The van der Waals surface area contributed by atoms with Gasteiger partial charge in [0.25, 0.3) is 0 Å². The van der Waals surface area contributed by atoms with Gasteiger partial charge in [-0.15, -0.1) is 5.10 Å². The standard InChI is InChI=1S/C13H8BrF2N5/c14-12-8(2-1-3-10(12)17)13-18-19-20-21(13)11-5-4-7(15)6-9(11)16/h1-6H,17H2. The van der Waals surface area contributed by atoms with Crippen LogP contribution < -0.4 is 5.73 Å². The first-order valence-electron chi connectivity index (χ1n) is 5.86. The molecule has 0 saturated carbocycles. The number of anilines is 1. The molecule has 0 atom stereocenters. The lowest BCUT2D eigenvalue weighted by Gasteiger charge is -2.08. The smallest absolute Gasteiger partial charge is 0.188 e. The van der Waals surface area contributed by atoms with E-state index in [2.05, 4.69) is 31.5 Å². The molecule has 106 valence electrons. The van der Waals surface area contributed by atoms with Crippen molar-refractivity contribution in [2.24, 2.45) is 0 Å². The van der Waals surface area contributed by atoms with Crippen molar-refractivity contribution in [3.05, 3.63) is 52.5 Å². The van der Waals surface area contributed by atoms with Gasteiger partial charge in [0.15, 0.2) is 11.6 Å². The number of hydrogen-bond acceptors (Lipinski definition) is 4. The van der Waals surface area contributed by atoms with Crippen molar-refractivity contribution in [1.29, 1.82) is 0 Å². The predicted octanol–water partition coefficient (Wildman–Crippen LogP) is 2.95. The van der Waals surface area contributed by atoms with Crippen LogP contribution in [0, 0.1) is 11.6 Å². The fraction of sp³-hybridized carbons (Fsp3) is 0. The topological polar surface area (TPSA) is 69.6 Å². The molecule has 3 aromatic rings. The second-order valence-corrected chi connectivity index (χ2v) is 5.01. The van der Waals surface area contributed by atoms with E-state index in [1.165, 1.54) is 10.7 Å². The summed E-state index contributed by atoms with van der Waals surface area (Å²) in [5, 5.41) is 11.2. The molecule has 0 aliphatic heterocycles. The van der Waals surface area contributed by atoms with Crippen molar-refractivity contribution in [2.75, 3.05) is 5.73 Å². The molecule has 0 saturated heterocycles. The van der Waals surface area contributed by atoms with E-state index in [4.69, 9.17) is 5.73 Å². The lowest BCUT2D eigenvalue weighted by Crippen LogP contribution is -2.04. The lowest BCUT2D eigenvalue weighted by molar-refractivity contribution is 0.572. The predicted molar refractivity (Wildman–Crippen MR) is 76.6 cm³/mol. The molecule has 3 rings (SSSR count). The highest BCUT2D eigenvalue weighted by Gasteiger charge is 2.17. The Balaban J connectivity index is 2.20. The van der Waals surface area contributed by atoms with Gasteiger partial charge in [0.1, 0.15) is 11.5 Å². The SMILES string of the molecule is Nc1cccc(-c2nnnn2-c2ccc(F)cc2F)c1Br. The fourth-order valence-electron chi connectivity index (χ4n) is 1.89. The van der Waals surface area contributed by atoms with E-state index >= 15 is 0 Å². The summed E-state index contributed by atoms with van der Waals surface area (Å²) < 4.78 is 28.7. The molecule has 2 N–H and O–H groups in total. The second kappa shape index (κ2) is 5.21. The highest BCUT2D eigenvalue weighted by molar-refractivity contribution is 9.10. The molecule has 0 aliphatic rings. The third-order valence-electron chi connectivity index (χ3n) is 2.88. The summed E-state index contributed by atoms with van der Waals surface area (Å²) in [5.74, 6) is -1.14. The van der Waals surface area contributed by atoms with Crippen LogP contribution in [-0.2, 0) is 0 Å².